The van der Waals surface area contributed by atoms with Crippen molar-refractivity contribution in [1.29, 1.82) is 0 Å². The van der Waals surface area contributed by atoms with Gasteiger partial charge in [-0.05, 0) is 18.1 Å². The molecule has 0 fully saturated rings. The van der Waals surface area contributed by atoms with Crippen molar-refractivity contribution in [1.82, 2.24) is 0 Å². The van der Waals surface area contributed by atoms with Crippen molar-refractivity contribution in [3.63, 3.8) is 0 Å². The lowest BCUT2D eigenvalue weighted by molar-refractivity contribution is 1.34. The molecule has 58 valence electrons. The van der Waals surface area contributed by atoms with Crippen LogP contribution in [0.15, 0.2) is 24.8 Å². The minimum absolute atomic E-state index is 0.572. The molecule has 0 heterocycles. The van der Waals surface area contributed by atoms with Crippen LogP contribution in [-0.2, 0) is 5.88 Å². The zero-order chi connectivity index (χ0) is 8.27. The second-order valence-corrected chi connectivity index (χ2v) is 2.86. The van der Waals surface area contributed by atoms with E-state index in [0.717, 1.165) is 11.1 Å². The summed E-state index contributed by atoms with van der Waals surface area (Å²) in [4.78, 5) is 0. The smallest absolute Gasteiger partial charge is 0.0474 e. The molecule has 0 saturated carbocycles. The molecule has 1 rings (SSSR count). The van der Waals surface area contributed by atoms with Gasteiger partial charge in [0.1, 0.15) is 0 Å². The molecule has 0 unspecified atom stereocenters. The normalized spacial score (nSPS) is 9.64. The predicted molar refractivity (Wildman–Crippen MR) is 50.8 cm³/mol. The van der Waals surface area contributed by atoms with Crippen LogP contribution in [0.5, 0.6) is 0 Å². The molecule has 0 saturated heterocycles. The van der Waals surface area contributed by atoms with Crippen LogP contribution < -0.4 is 0 Å². The van der Waals surface area contributed by atoms with E-state index in [2.05, 4.69) is 25.6 Å². The third-order valence-electron chi connectivity index (χ3n) is 1.55. The molecule has 0 aliphatic heterocycles. The fourth-order valence-corrected chi connectivity index (χ4v) is 1.24. The molecule has 0 radical (unpaired) electrons. The summed E-state index contributed by atoms with van der Waals surface area (Å²) in [5.41, 5.74) is 3.53. The molecular formula is C10H11Cl. The highest BCUT2D eigenvalue weighted by atomic mass is 35.5. The first kappa shape index (κ1) is 8.35. The molecule has 0 amide bonds. The first-order valence-electron chi connectivity index (χ1n) is 3.55. The summed E-state index contributed by atoms with van der Waals surface area (Å²) in [6.45, 7) is 5.76. The van der Waals surface area contributed by atoms with Gasteiger partial charge in [-0.2, -0.15) is 0 Å². The molecule has 0 aliphatic rings. The lowest BCUT2D eigenvalue weighted by atomic mass is 10.1. The molecule has 0 N–H and O–H groups in total. The average Bonchev–Trinajstić information content (AvgIpc) is 2.03. The second-order valence-electron chi connectivity index (χ2n) is 2.59. The van der Waals surface area contributed by atoms with Gasteiger partial charge in [0.2, 0.25) is 0 Å². The Bertz CT molecular complexity index is 264. The molecule has 1 aromatic rings. The van der Waals surface area contributed by atoms with Crippen molar-refractivity contribution in [2.75, 3.05) is 0 Å². The SMILES string of the molecule is C=Cc1cc(C)cc(CCl)c1. The van der Waals surface area contributed by atoms with E-state index in [1.165, 1.54) is 5.56 Å². The molecule has 1 aromatic carbocycles. The molecule has 0 nitrogen and oxygen atoms in total. The Labute approximate surface area is 72.5 Å². The van der Waals surface area contributed by atoms with Gasteiger partial charge in [0.25, 0.3) is 0 Å². The standard InChI is InChI=1S/C10H11Cl/c1-3-9-4-8(2)5-10(6-9)7-11/h3-6H,1,7H2,2H3. The summed E-state index contributed by atoms with van der Waals surface area (Å²) in [5, 5.41) is 0. The second kappa shape index (κ2) is 3.59. The largest absolute Gasteiger partial charge is 0.122 e. The van der Waals surface area contributed by atoms with E-state index in [0.29, 0.717) is 5.88 Å². The Kier molecular flexibility index (Phi) is 2.72. The summed E-state index contributed by atoms with van der Waals surface area (Å²) in [5.74, 6) is 0.572. The fraction of sp³-hybridized carbons (Fsp3) is 0.200. The van der Waals surface area contributed by atoms with Crippen LogP contribution in [-0.4, -0.2) is 0 Å². The van der Waals surface area contributed by atoms with Crippen molar-refractivity contribution < 1.29 is 0 Å². The number of hydrogen-bond donors (Lipinski definition) is 0. The minimum Gasteiger partial charge on any atom is -0.122 e. The lowest BCUT2D eigenvalue weighted by Crippen LogP contribution is -1.82. The summed E-state index contributed by atoms with van der Waals surface area (Å²) in [7, 11) is 0. The summed E-state index contributed by atoms with van der Waals surface area (Å²) < 4.78 is 0. The average molecular weight is 167 g/mol. The topological polar surface area (TPSA) is 0 Å². The van der Waals surface area contributed by atoms with Crippen LogP contribution in [0.4, 0.5) is 0 Å². The Hall–Kier alpha value is -0.750. The van der Waals surface area contributed by atoms with Crippen LogP contribution in [0, 0.1) is 6.92 Å². The summed E-state index contributed by atoms with van der Waals surface area (Å²) in [6.07, 6.45) is 1.84. The number of hydrogen-bond acceptors (Lipinski definition) is 0. The molecule has 0 aromatic heterocycles. The molecule has 0 atom stereocenters. The van der Waals surface area contributed by atoms with Crippen molar-refractivity contribution in [3.05, 3.63) is 41.5 Å². The van der Waals surface area contributed by atoms with Crippen molar-refractivity contribution in [3.8, 4) is 0 Å². The number of halogens is 1. The van der Waals surface area contributed by atoms with Crippen LogP contribution in [0.2, 0.25) is 0 Å². The van der Waals surface area contributed by atoms with Crippen molar-refractivity contribution >= 4 is 17.7 Å². The third kappa shape index (κ3) is 2.09. The quantitative estimate of drug-likeness (QED) is 0.591. The van der Waals surface area contributed by atoms with Gasteiger partial charge in [-0.25, -0.2) is 0 Å². The van der Waals surface area contributed by atoms with E-state index in [9.17, 15) is 0 Å². The van der Waals surface area contributed by atoms with Crippen LogP contribution >= 0.6 is 11.6 Å². The highest BCUT2D eigenvalue weighted by Crippen LogP contribution is 2.12. The summed E-state index contributed by atoms with van der Waals surface area (Å²) >= 11 is 5.69. The van der Waals surface area contributed by atoms with Gasteiger partial charge >= 0.3 is 0 Å². The van der Waals surface area contributed by atoms with E-state index in [1.807, 2.05) is 12.1 Å². The number of alkyl halides is 1. The fourth-order valence-electron chi connectivity index (χ4n) is 1.09. The van der Waals surface area contributed by atoms with E-state index < -0.39 is 0 Å². The maximum absolute atomic E-state index is 5.69. The predicted octanol–water partition coefficient (Wildman–Crippen LogP) is 3.38. The van der Waals surface area contributed by atoms with Crippen LogP contribution in [0.3, 0.4) is 0 Å². The van der Waals surface area contributed by atoms with Crippen molar-refractivity contribution in [2.45, 2.75) is 12.8 Å². The Morgan fingerprint density at radius 2 is 2.18 bits per heavy atom. The molecule has 0 bridgehead atoms. The van der Waals surface area contributed by atoms with Gasteiger partial charge in [-0.3, -0.25) is 0 Å². The molecular weight excluding hydrogens is 156 g/mol. The maximum atomic E-state index is 5.69. The number of rotatable bonds is 2. The molecule has 0 spiro atoms. The zero-order valence-electron chi connectivity index (χ0n) is 6.60. The van der Waals surface area contributed by atoms with Crippen molar-refractivity contribution in [2.24, 2.45) is 0 Å². The van der Waals surface area contributed by atoms with E-state index in [1.54, 1.807) is 0 Å². The Balaban J connectivity index is 3.11. The zero-order valence-corrected chi connectivity index (χ0v) is 7.36. The Morgan fingerprint density at radius 3 is 2.73 bits per heavy atom. The molecule has 1 heteroatoms. The maximum Gasteiger partial charge on any atom is 0.0474 e. The van der Waals surface area contributed by atoms with E-state index >= 15 is 0 Å². The highest BCUT2D eigenvalue weighted by molar-refractivity contribution is 6.17. The van der Waals surface area contributed by atoms with E-state index in [-0.39, 0.29) is 0 Å². The Morgan fingerprint density at radius 1 is 1.45 bits per heavy atom. The van der Waals surface area contributed by atoms with Gasteiger partial charge < -0.3 is 0 Å². The van der Waals surface area contributed by atoms with Gasteiger partial charge in [0.15, 0.2) is 0 Å². The third-order valence-corrected chi connectivity index (χ3v) is 1.86. The van der Waals surface area contributed by atoms with E-state index in [4.69, 9.17) is 11.6 Å². The lowest BCUT2D eigenvalue weighted by Gasteiger charge is -2.00. The van der Waals surface area contributed by atoms with Crippen LogP contribution in [0.25, 0.3) is 6.08 Å². The summed E-state index contributed by atoms with van der Waals surface area (Å²) in [6, 6.07) is 6.22. The van der Waals surface area contributed by atoms with Gasteiger partial charge in [0.05, 0.1) is 0 Å². The monoisotopic (exact) mass is 166 g/mol. The minimum atomic E-state index is 0.572. The number of benzene rings is 1. The van der Waals surface area contributed by atoms with Gasteiger partial charge in [0, 0.05) is 5.88 Å². The molecule has 11 heavy (non-hydrogen) atoms. The van der Waals surface area contributed by atoms with Gasteiger partial charge in [-0.1, -0.05) is 36.4 Å². The van der Waals surface area contributed by atoms with Gasteiger partial charge in [-0.15, -0.1) is 11.6 Å². The van der Waals surface area contributed by atoms with Crippen LogP contribution in [0.1, 0.15) is 16.7 Å². The number of aryl methyl sites for hydroxylation is 1. The molecule has 0 aliphatic carbocycles. The first-order valence-corrected chi connectivity index (χ1v) is 4.08. The first-order chi connectivity index (χ1) is 5.26. The highest BCUT2D eigenvalue weighted by Gasteiger charge is 1.93.